The zero-order chi connectivity index (χ0) is 12.2. The molecule has 1 aliphatic rings. The van der Waals surface area contributed by atoms with Crippen LogP contribution in [0.4, 0.5) is 0 Å². The summed E-state index contributed by atoms with van der Waals surface area (Å²) in [4.78, 5) is 10.5. The van der Waals surface area contributed by atoms with Crippen LogP contribution in [-0.2, 0) is 14.8 Å². The molecule has 0 aromatic rings. The van der Waals surface area contributed by atoms with Crippen molar-refractivity contribution in [3.8, 4) is 6.07 Å². The number of hydrogen-bond donors (Lipinski definition) is 0. The van der Waals surface area contributed by atoms with Gasteiger partial charge in [-0.3, -0.25) is 0 Å². The number of hydrogen-bond acceptors (Lipinski definition) is 4. The first kappa shape index (κ1) is 13.1. The molecular weight excluding hydrogens is 228 g/mol. The monoisotopic (exact) mass is 244 g/mol. The number of carbonyl (C=O) groups is 1. The van der Waals surface area contributed by atoms with E-state index in [1.54, 1.807) is 6.92 Å². The molecule has 5 nitrogen and oxygen atoms in total. The number of piperidine rings is 1. The second-order valence-electron chi connectivity index (χ2n) is 3.94. The predicted octanol–water partition coefficient (Wildman–Crippen LogP) is 0.529. The Balaban J connectivity index is 2.73. The van der Waals surface area contributed by atoms with Gasteiger partial charge in [-0.05, 0) is 19.3 Å². The molecule has 90 valence electrons. The molecule has 0 N–H and O–H groups in total. The summed E-state index contributed by atoms with van der Waals surface area (Å²) in [6.07, 6.45) is 2.30. The topological polar surface area (TPSA) is 78.2 Å². The predicted molar refractivity (Wildman–Crippen MR) is 59.0 cm³/mol. The van der Waals surface area contributed by atoms with Crippen LogP contribution in [0, 0.1) is 17.2 Å². The first-order chi connectivity index (χ1) is 7.56. The summed E-state index contributed by atoms with van der Waals surface area (Å²) in [6.45, 7) is 2.39. The number of nitrogens with zero attached hydrogens (tertiary/aromatic N) is 2. The number of carbonyl (C=O) groups excluding carboxylic acids is 1. The number of nitriles is 1. The molecule has 1 heterocycles. The number of rotatable bonds is 4. The van der Waals surface area contributed by atoms with Crippen LogP contribution in [0.15, 0.2) is 0 Å². The highest BCUT2D eigenvalue weighted by Gasteiger charge is 2.33. The van der Waals surface area contributed by atoms with Crippen molar-refractivity contribution >= 4 is 16.3 Å². The van der Waals surface area contributed by atoms with Crippen molar-refractivity contribution in [3.05, 3.63) is 0 Å². The maximum Gasteiger partial charge on any atom is 0.230 e. The smallest absolute Gasteiger partial charge is 0.230 e. The molecule has 0 bridgehead atoms. The van der Waals surface area contributed by atoms with Gasteiger partial charge in [0.15, 0.2) is 5.25 Å². The Kier molecular flexibility index (Phi) is 4.44. The van der Waals surface area contributed by atoms with Crippen molar-refractivity contribution in [2.45, 2.75) is 31.4 Å². The fraction of sp³-hybridized carbons (Fsp3) is 0.800. The molecule has 1 aliphatic heterocycles. The van der Waals surface area contributed by atoms with Gasteiger partial charge in [0, 0.05) is 19.0 Å². The molecule has 0 aromatic carbocycles. The van der Waals surface area contributed by atoms with Crippen LogP contribution >= 0.6 is 0 Å². The first-order valence-electron chi connectivity index (χ1n) is 5.40. The second kappa shape index (κ2) is 5.41. The third-order valence-corrected chi connectivity index (χ3v) is 5.17. The number of sulfonamides is 1. The van der Waals surface area contributed by atoms with Gasteiger partial charge < -0.3 is 4.79 Å². The third-order valence-electron chi connectivity index (χ3n) is 2.93. The quantitative estimate of drug-likeness (QED) is 0.676. The summed E-state index contributed by atoms with van der Waals surface area (Å²) < 4.78 is 25.3. The minimum absolute atomic E-state index is 0.0337. The van der Waals surface area contributed by atoms with E-state index in [1.165, 1.54) is 4.31 Å². The zero-order valence-corrected chi connectivity index (χ0v) is 10.1. The molecule has 1 unspecified atom stereocenters. The molecule has 6 heteroatoms. The standard InChI is InChI=1S/C10H16N2O3S/c1-2-10(7-11)16(14,15)12-5-3-9(8-13)4-6-12/h8-10H,2-6H2,1H3. The lowest BCUT2D eigenvalue weighted by Gasteiger charge is -2.30. The molecule has 1 rings (SSSR count). The van der Waals surface area contributed by atoms with Gasteiger partial charge in [0.2, 0.25) is 10.0 Å². The van der Waals surface area contributed by atoms with Gasteiger partial charge in [-0.2, -0.15) is 5.26 Å². The van der Waals surface area contributed by atoms with Crippen LogP contribution in [0.3, 0.4) is 0 Å². The van der Waals surface area contributed by atoms with Crippen molar-refractivity contribution in [2.24, 2.45) is 5.92 Å². The molecule has 1 fully saturated rings. The van der Waals surface area contributed by atoms with E-state index in [0.29, 0.717) is 32.4 Å². The van der Waals surface area contributed by atoms with E-state index in [-0.39, 0.29) is 5.92 Å². The zero-order valence-electron chi connectivity index (χ0n) is 9.30. The summed E-state index contributed by atoms with van der Waals surface area (Å²) in [7, 11) is -3.50. The highest BCUT2D eigenvalue weighted by Crippen LogP contribution is 2.21. The van der Waals surface area contributed by atoms with Gasteiger partial charge in [0.25, 0.3) is 0 Å². The van der Waals surface area contributed by atoms with E-state index in [9.17, 15) is 13.2 Å². The van der Waals surface area contributed by atoms with Crippen LogP contribution in [0.5, 0.6) is 0 Å². The van der Waals surface area contributed by atoms with Crippen LogP contribution in [0.25, 0.3) is 0 Å². The van der Waals surface area contributed by atoms with Crippen molar-refractivity contribution in [2.75, 3.05) is 13.1 Å². The van der Waals surface area contributed by atoms with Crippen LogP contribution in [0.1, 0.15) is 26.2 Å². The van der Waals surface area contributed by atoms with Gasteiger partial charge in [-0.25, -0.2) is 12.7 Å². The van der Waals surface area contributed by atoms with Crippen molar-refractivity contribution in [1.82, 2.24) is 4.31 Å². The Morgan fingerprint density at radius 3 is 2.44 bits per heavy atom. The maximum absolute atomic E-state index is 12.0. The Morgan fingerprint density at radius 2 is 2.06 bits per heavy atom. The third kappa shape index (κ3) is 2.60. The highest BCUT2D eigenvalue weighted by atomic mass is 32.2. The summed E-state index contributed by atoms with van der Waals surface area (Å²) >= 11 is 0. The van der Waals surface area contributed by atoms with Crippen LogP contribution in [-0.4, -0.2) is 37.3 Å². The summed E-state index contributed by atoms with van der Waals surface area (Å²) in [5.74, 6) is -0.0337. The molecule has 0 saturated carbocycles. The minimum atomic E-state index is -3.50. The van der Waals surface area contributed by atoms with Crippen LogP contribution in [0.2, 0.25) is 0 Å². The van der Waals surface area contributed by atoms with E-state index < -0.39 is 15.3 Å². The summed E-state index contributed by atoms with van der Waals surface area (Å²) in [5, 5.41) is 7.82. The maximum atomic E-state index is 12.0. The minimum Gasteiger partial charge on any atom is -0.303 e. The Morgan fingerprint density at radius 1 is 1.50 bits per heavy atom. The molecule has 0 amide bonds. The van der Waals surface area contributed by atoms with E-state index >= 15 is 0 Å². The van der Waals surface area contributed by atoms with Gasteiger partial charge in [0.05, 0.1) is 6.07 Å². The molecular formula is C10H16N2O3S. The van der Waals surface area contributed by atoms with Gasteiger partial charge in [-0.15, -0.1) is 0 Å². The molecule has 0 radical (unpaired) electrons. The van der Waals surface area contributed by atoms with Crippen molar-refractivity contribution < 1.29 is 13.2 Å². The molecule has 1 saturated heterocycles. The van der Waals surface area contributed by atoms with Crippen molar-refractivity contribution in [3.63, 3.8) is 0 Å². The first-order valence-corrected chi connectivity index (χ1v) is 6.90. The van der Waals surface area contributed by atoms with E-state index in [4.69, 9.17) is 5.26 Å². The lowest BCUT2D eigenvalue weighted by molar-refractivity contribution is -0.112. The Bertz CT molecular complexity index is 377. The highest BCUT2D eigenvalue weighted by molar-refractivity contribution is 7.90. The van der Waals surface area contributed by atoms with Crippen molar-refractivity contribution in [1.29, 1.82) is 5.26 Å². The molecule has 16 heavy (non-hydrogen) atoms. The lowest BCUT2D eigenvalue weighted by atomic mass is 10.0. The Hall–Kier alpha value is -0.930. The van der Waals surface area contributed by atoms with Gasteiger partial charge in [-0.1, -0.05) is 6.92 Å². The second-order valence-corrected chi connectivity index (χ2v) is 6.06. The molecule has 0 spiro atoms. The fourth-order valence-corrected chi connectivity index (χ4v) is 3.45. The van der Waals surface area contributed by atoms with E-state index in [1.807, 2.05) is 6.07 Å². The summed E-state index contributed by atoms with van der Waals surface area (Å²) in [5.41, 5.74) is 0. The van der Waals surface area contributed by atoms with E-state index in [2.05, 4.69) is 0 Å². The SMILES string of the molecule is CCC(C#N)S(=O)(=O)N1CCC(C=O)CC1. The molecule has 0 aliphatic carbocycles. The average molecular weight is 244 g/mol. The molecule has 1 atom stereocenters. The largest absolute Gasteiger partial charge is 0.303 e. The molecule has 0 aromatic heterocycles. The fourth-order valence-electron chi connectivity index (χ4n) is 1.81. The van der Waals surface area contributed by atoms with Gasteiger partial charge in [0.1, 0.15) is 6.29 Å². The van der Waals surface area contributed by atoms with Gasteiger partial charge >= 0.3 is 0 Å². The Labute approximate surface area is 96.1 Å². The summed E-state index contributed by atoms with van der Waals surface area (Å²) in [6, 6.07) is 1.82. The number of aldehydes is 1. The lowest BCUT2D eigenvalue weighted by Crippen LogP contribution is -2.43. The normalized spacial score (nSPS) is 21.2. The van der Waals surface area contributed by atoms with E-state index in [0.717, 1.165) is 6.29 Å². The average Bonchev–Trinajstić information content (AvgIpc) is 2.30. The van der Waals surface area contributed by atoms with Crippen LogP contribution < -0.4 is 0 Å².